The van der Waals surface area contributed by atoms with Crippen LogP contribution in [0.25, 0.3) is 0 Å². The predicted octanol–water partition coefficient (Wildman–Crippen LogP) is 14.6. The Morgan fingerprint density at radius 2 is 0.552 bits per heavy atom. The molecule has 2 saturated heterocycles. The lowest BCUT2D eigenvalue weighted by Gasteiger charge is -2.16. The van der Waals surface area contributed by atoms with E-state index in [0.29, 0.717) is 97.7 Å². The van der Waals surface area contributed by atoms with Gasteiger partial charge in [0.1, 0.15) is 64.3 Å². The van der Waals surface area contributed by atoms with Gasteiger partial charge in [0, 0.05) is 42.5 Å². The van der Waals surface area contributed by atoms with E-state index in [9.17, 15) is 67.1 Å². The van der Waals surface area contributed by atoms with Gasteiger partial charge in [-0.05, 0) is 241 Å². The number of fused-ring (bicyclic) bond motifs is 1. The van der Waals surface area contributed by atoms with Gasteiger partial charge >= 0.3 is 72.4 Å². The van der Waals surface area contributed by atoms with Gasteiger partial charge in [0.15, 0.2) is 17.7 Å². The number of methoxy groups -OCH3 is 2. The van der Waals surface area contributed by atoms with Crippen LogP contribution in [0, 0.1) is 6.92 Å². The Balaban J connectivity index is 0.000000263. The average molecular weight is 1730 g/mol. The molecule has 0 amide bonds. The van der Waals surface area contributed by atoms with Crippen molar-refractivity contribution in [2.24, 2.45) is 0 Å². The molecule has 0 aliphatic carbocycles. The number of ether oxygens (including phenoxy) is 20. The van der Waals surface area contributed by atoms with Gasteiger partial charge in [0.2, 0.25) is 0 Å². The highest BCUT2D eigenvalue weighted by Crippen LogP contribution is 2.32. The van der Waals surface area contributed by atoms with Gasteiger partial charge in [-0.1, -0.05) is 26.3 Å². The summed E-state index contributed by atoms with van der Waals surface area (Å²) in [6, 6.07) is 40.7. The van der Waals surface area contributed by atoms with Crippen LogP contribution in [-0.4, -0.2) is 189 Å². The van der Waals surface area contributed by atoms with Crippen molar-refractivity contribution in [1.29, 1.82) is 0 Å². The molecule has 34 nitrogen and oxygen atoms in total. The number of ketones is 2. The zero-order valence-electron chi connectivity index (χ0n) is 69.1. The van der Waals surface area contributed by atoms with Crippen molar-refractivity contribution in [2.45, 2.75) is 96.6 Å². The summed E-state index contributed by atoms with van der Waals surface area (Å²) in [4.78, 5) is 162. The van der Waals surface area contributed by atoms with Crippen molar-refractivity contribution in [3.63, 3.8) is 0 Å². The summed E-state index contributed by atoms with van der Waals surface area (Å²) in [5.41, 5.74) is 2.93. The molecule has 0 aromatic heterocycles. The zero-order valence-corrected chi connectivity index (χ0v) is 69.1. The van der Waals surface area contributed by atoms with Gasteiger partial charge in [0.05, 0.1) is 95.4 Å². The highest BCUT2D eigenvalue weighted by atomic mass is 16.7. The molecule has 2 fully saturated rings. The molecule has 4 atom stereocenters. The van der Waals surface area contributed by atoms with Crippen LogP contribution in [0.2, 0.25) is 0 Å². The quantitative estimate of drug-likeness (QED) is 0.00654. The summed E-state index contributed by atoms with van der Waals surface area (Å²) < 4.78 is 102. The maximum Gasteiger partial charge on any atom is 0.513 e. The van der Waals surface area contributed by atoms with E-state index in [2.05, 4.69) is 26.3 Å². The van der Waals surface area contributed by atoms with Crippen molar-refractivity contribution in [3.05, 3.63) is 253 Å². The third-order valence-corrected chi connectivity index (χ3v) is 16.9. The summed E-state index contributed by atoms with van der Waals surface area (Å²) in [5.74, 6) is -1.95. The normalized spacial score (nSPS) is 13.5. The summed E-state index contributed by atoms with van der Waals surface area (Å²) in [7, 11) is 3.15. The van der Waals surface area contributed by atoms with Crippen LogP contribution >= 0.6 is 0 Å². The fourth-order valence-corrected chi connectivity index (χ4v) is 10.4. The number of hydrogen-bond acceptors (Lipinski definition) is 34. The standard InChI is InChI=1S/C29H30O12.C23H24O8.C23H22O8.C16H18O6/c1-3-24(30)35-14-4-5-15-36-29(33)40-21-12-8-18(9-13-21)27(31)39-20-10-6-19(7-11-20)28(32)41-23-17-38-25-22(34-2)16-37-26(23)25;1-4-21(24)28-13-5-6-14-29-23(26)31-18-9-7-17(8-10-18)22(25)30-19-11-12-20(27-3)16(2)15-19;1-3-21(25)28-14-4-5-15-29-23(27)31-20-12-8-18(9-13-20)22(26)30-19-10-6-17(7-11-19)16(2)24;1-3-15(18)20-10-4-5-11-21-16(19)22-14-8-6-13(7-9-14)12(2)17/h3,6-13,22-23,25-26H,1,4-5,14-17H2,2H3;4,7-12,15H,1,5-6,13-14H2,2-3H3;3,6-13H,1,4-5,14-15H2,2H3;3,6-9H,1,4-5,10-11H2,2H3/t22-,23+,25?,26?;;;/m1.../s1. The second-order valence-corrected chi connectivity index (χ2v) is 26.0. The molecule has 2 unspecified atom stereocenters. The number of hydrogen-bond donors (Lipinski definition) is 0. The van der Waals surface area contributed by atoms with E-state index in [4.69, 9.17) is 94.7 Å². The number of carbonyl (C=O) groups excluding carboxylic acids is 14. The lowest BCUT2D eigenvalue weighted by atomic mass is 10.1. The SMILES string of the molecule is C=CC(=O)OCCCCOC(=O)Oc1ccc(C(=O)Oc2ccc(C(=O)O[C@H]3COC4C3OC[C@H]4OC)cc2)cc1.C=CC(=O)OCCCCOC(=O)Oc1ccc(C(=O)Oc2ccc(C(C)=O)cc2)cc1.C=CC(=O)OCCCCOC(=O)Oc1ccc(C(=O)Oc2ccc(OC)c(C)c2)cc1.C=CC(=O)OCCCCOC(=O)Oc1ccc(C(C)=O)cc1. The van der Waals surface area contributed by atoms with Crippen LogP contribution in [0.4, 0.5) is 19.2 Å². The number of carbonyl (C=O) groups is 14. The maximum atomic E-state index is 12.6. The number of aryl methyl sites for hydroxylation is 1. The highest BCUT2D eigenvalue weighted by Gasteiger charge is 2.50. The van der Waals surface area contributed by atoms with Crippen molar-refractivity contribution >= 4 is 83.9 Å². The van der Waals surface area contributed by atoms with Crippen LogP contribution in [-0.2, 0) is 76.0 Å². The molecule has 0 N–H and O–H groups in total. The molecule has 2 heterocycles. The van der Waals surface area contributed by atoms with E-state index >= 15 is 0 Å². The lowest BCUT2D eigenvalue weighted by Crippen LogP contribution is -2.34. The summed E-state index contributed by atoms with van der Waals surface area (Å²) in [6.07, 6.45) is 3.64. The first-order chi connectivity index (χ1) is 60.2. The summed E-state index contributed by atoms with van der Waals surface area (Å²) >= 11 is 0. The molecule has 0 bridgehead atoms. The number of Topliss-reactive ketones (excluding diaryl/α,β-unsaturated/α-hetero) is 2. The molecule has 662 valence electrons. The van der Waals surface area contributed by atoms with Gasteiger partial charge in [-0.25, -0.2) is 57.5 Å². The molecule has 9 rings (SSSR count). The van der Waals surface area contributed by atoms with Crippen molar-refractivity contribution in [2.75, 3.05) is 80.3 Å². The smallest absolute Gasteiger partial charge is 0.496 e. The van der Waals surface area contributed by atoms with Crippen LogP contribution < -0.4 is 37.9 Å². The number of esters is 8. The van der Waals surface area contributed by atoms with Crippen LogP contribution in [0.1, 0.15) is 133 Å². The Labute approximate surface area is 718 Å². The molecule has 34 heteroatoms. The topological polar surface area (TPSA) is 424 Å². The molecule has 0 spiro atoms. The van der Waals surface area contributed by atoms with E-state index in [-0.39, 0.29) is 129 Å². The Morgan fingerprint density at radius 3 is 0.816 bits per heavy atom. The second-order valence-electron chi connectivity index (χ2n) is 26.0. The first-order valence-electron chi connectivity index (χ1n) is 38.7. The highest BCUT2D eigenvalue weighted by molar-refractivity contribution is 5.96. The minimum absolute atomic E-state index is 0.0636. The van der Waals surface area contributed by atoms with Gasteiger partial charge in [0.25, 0.3) is 0 Å². The van der Waals surface area contributed by atoms with Gasteiger partial charge in [-0.15, -0.1) is 0 Å². The number of rotatable bonds is 40. The Kier molecular flexibility index (Phi) is 43.3. The molecule has 125 heavy (non-hydrogen) atoms. The summed E-state index contributed by atoms with van der Waals surface area (Å²) in [6.45, 7) is 19.8. The number of unbranched alkanes of at least 4 members (excludes halogenated alkanes) is 4. The molecule has 0 saturated carbocycles. The second kappa shape index (κ2) is 54.6. The van der Waals surface area contributed by atoms with Gasteiger partial charge in [-0.3, -0.25) is 9.59 Å². The van der Waals surface area contributed by atoms with E-state index in [0.717, 1.165) is 29.9 Å². The van der Waals surface area contributed by atoms with Crippen molar-refractivity contribution < 1.29 is 162 Å². The predicted molar refractivity (Wildman–Crippen MR) is 440 cm³/mol. The van der Waals surface area contributed by atoms with Crippen molar-refractivity contribution in [3.8, 4) is 46.0 Å². The molecule has 2 aliphatic heterocycles. The Morgan fingerprint density at radius 1 is 0.312 bits per heavy atom. The Hall–Kier alpha value is -14.6. The number of benzene rings is 7. The average Bonchev–Trinajstić information content (AvgIpc) is 1.65. The van der Waals surface area contributed by atoms with Crippen LogP contribution in [0.15, 0.2) is 214 Å². The minimum atomic E-state index is -0.905. The lowest BCUT2D eigenvalue weighted by molar-refractivity contribution is -0.138. The van der Waals surface area contributed by atoms with E-state index in [1.807, 2.05) is 6.92 Å². The van der Waals surface area contributed by atoms with Crippen molar-refractivity contribution in [1.82, 2.24) is 0 Å². The Bertz CT molecular complexity index is 4780. The largest absolute Gasteiger partial charge is 0.513 e. The molecular weight excluding hydrogens is 1640 g/mol. The van der Waals surface area contributed by atoms with Gasteiger partial charge in [-0.2, -0.15) is 0 Å². The first-order valence-corrected chi connectivity index (χ1v) is 38.7. The van der Waals surface area contributed by atoms with E-state index in [1.54, 1.807) is 56.7 Å². The minimum Gasteiger partial charge on any atom is -0.496 e. The first kappa shape index (κ1) is 99.2. The fraction of sp³-hybridized carbons (Fsp3) is 0.297. The van der Waals surface area contributed by atoms with Gasteiger partial charge < -0.3 is 94.7 Å². The monoisotopic (exact) mass is 1730 g/mol. The molecule has 0 radical (unpaired) electrons. The third kappa shape index (κ3) is 37.1. The zero-order chi connectivity index (χ0) is 90.8. The molecule has 7 aromatic rings. The van der Waals surface area contributed by atoms with Crippen LogP contribution in [0.3, 0.4) is 0 Å². The molecule has 2 aliphatic rings. The fourth-order valence-electron chi connectivity index (χ4n) is 10.4. The summed E-state index contributed by atoms with van der Waals surface area (Å²) in [5, 5.41) is 0. The van der Waals surface area contributed by atoms with Crippen LogP contribution in [0.5, 0.6) is 46.0 Å². The third-order valence-electron chi connectivity index (χ3n) is 16.9. The molecule has 7 aromatic carbocycles. The van der Waals surface area contributed by atoms with E-state index in [1.165, 1.54) is 135 Å². The maximum absolute atomic E-state index is 12.6. The van der Waals surface area contributed by atoms with E-state index < -0.39 is 78.5 Å². The molecular formula is C91H94O34.